The van der Waals surface area contributed by atoms with E-state index in [1.165, 1.54) is 30.5 Å². The van der Waals surface area contributed by atoms with Gasteiger partial charge in [-0.05, 0) is 54.6 Å². The molecule has 0 saturated heterocycles. The number of anilines is 1. The first-order chi connectivity index (χ1) is 14.0. The molecule has 30 heavy (non-hydrogen) atoms. The molecule has 0 unspecified atom stereocenters. The quantitative estimate of drug-likeness (QED) is 0.497. The topological polar surface area (TPSA) is 149 Å². The zero-order chi connectivity index (χ0) is 21.9. The van der Waals surface area contributed by atoms with E-state index in [1.54, 1.807) is 12.1 Å². The lowest BCUT2D eigenvalue weighted by atomic mass is 10.2. The van der Waals surface area contributed by atoms with Gasteiger partial charge in [0.15, 0.2) is 0 Å². The van der Waals surface area contributed by atoms with Gasteiger partial charge in [0.25, 0.3) is 5.91 Å². The molecule has 0 radical (unpaired) electrons. The fourth-order valence-corrected chi connectivity index (χ4v) is 4.01. The van der Waals surface area contributed by atoms with Gasteiger partial charge in [-0.25, -0.2) is 31.1 Å². The number of hydrogen-bond acceptors (Lipinski definition) is 6. The first-order valence-electron chi connectivity index (χ1n) is 8.31. The Kier molecular flexibility index (Phi) is 6.03. The summed E-state index contributed by atoms with van der Waals surface area (Å²) in [6.07, 6.45) is 1.42. The maximum atomic E-state index is 13.6. The fourth-order valence-electron chi connectivity index (χ4n) is 2.45. The third-order valence-corrected chi connectivity index (χ3v) is 6.21. The largest absolute Gasteiger partial charge is 0.468 e. The summed E-state index contributed by atoms with van der Waals surface area (Å²) in [6.45, 7) is -0.0382. The summed E-state index contributed by atoms with van der Waals surface area (Å²) in [5.74, 6) is -1.17. The van der Waals surface area contributed by atoms with E-state index in [-0.39, 0.29) is 22.7 Å². The van der Waals surface area contributed by atoms with Crippen molar-refractivity contribution in [1.82, 2.24) is 4.72 Å². The molecule has 2 aromatic carbocycles. The van der Waals surface area contributed by atoms with Crippen LogP contribution in [0.5, 0.6) is 0 Å². The molecule has 0 aliphatic heterocycles. The first kappa shape index (κ1) is 21.6. The van der Waals surface area contributed by atoms with Crippen LogP contribution in [-0.2, 0) is 26.6 Å². The van der Waals surface area contributed by atoms with E-state index in [9.17, 15) is 26.0 Å². The highest BCUT2D eigenvalue weighted by atomic mass is 32.2. The Bertz CT molecular complexity index is 1270. The highest BCUT2D eigenvalue weighted by Crippen LogP contribution is 2.19. The van der Waals surface area contributed by atoms with E-state index < -0.39 is 36.7 Å². The number of primary sulfonamides is 1. The van der Waals surface area contributed by atoms with Crippen molar-refractivity contribution in [2.45, 2.75) is 16.3 Å². The zero-order valence-electron chi connectivity index (χ0n) is 15.2. The van der Waals surface area contributed by atoms with Crippen LogP contribution in [0.25, 0.3) is 0 Å². The molecule has 0 spiro atoms. The van der Waals surface area contributed by atoms with Crippen molar-refractivity contribution in [3.8, 4) is 0 Å². The monoisotopic (exact) mass is 453 g/mol. The second-order valence-corrected chi connectivity index (χ2v) is 9.43. The Balaban J connectivity index is 1.73. The Morgan fingerprint density at radius 2 is 1.70 bits per heavy atom. The van der Waals surface area contributed by atoms with Gasteiger partial charge < -0.3 is 9.73 Å². The third kappa shape index (κ3) is 5.30. The average molecular weight is 453 g/mol. The second-order valence-electron chi connectivity index (χ2n) is 6.10. The predicted octanol–water partition coefficient (Wildman–Crippen LogP) is 1.80. The lowest BCUT2D eigenvalue weighted by Crippen LogP contribution is -2.23. The van der Waals surface area contributed by atoms with Crippen LogP contribution >= 0.6 is 0 Å². The number of sulfonamides is 2. The molecule has 0 atom stereocenters. The van der Waals surface area contributed by atoms with Gasteiger partial charge >= 0.3 is 0 Å². The summed E-state index contributed by atoms with van der Waals surface area (Å²) in [5.41, 5.74) is -0.0535. The number of hydrogen-bond donors (Lipinski definition) is 3. The molecule has 0 bridgehead atoms. The highest BCUT2D eigenvalue weighted by molar-refractivity contribution is 7.89. The molecule has 3 rings (SSSR count). The minimum Gasteiger partial charge on any atom is -0.468 e. The summed E-state index contributed by atoms with van der Waals surface area (Å²) in [7, 11) is -8.00. The minimum absolute atomic E-state index is 0.0382. The molecule has 12 heteroatoms. The first-order valence-corrected chi connectivity index (χ1v) is 11.3. The number of amides is 1. The van der Waals surface area contributed by atoms with E-state index in [4.69, 9.17) is 9.56 Å². The third-order valence-electron chi connectivity index (χ3n) is 3.90. The fraction of sp³-hybridized carbons (Fsp3) is 0.0556. The molecule has 0 aliphatic carbocycles. The van der Waals surface area contributed by atoms with Crippen LogP contribution in [0, 0.1) is 5.82 Å². The van der Waals surface area contributed by atoms with Crippen LogP contribution in [0.3, 0.4) is 0 Å². The van der Waals surface area contributed by atoms with Gasteiger partial charge in [0.1, 0.15) is 11.6 Å². The van der Waals surface area contributed by atoms with Crippen molar-refractivity contribution in [2.75, 3.05) is 5.32 Å². The number of nitrogens with two attached hydrogens (primary N) is 1. The number of benzene rings is 2. The van der Waals surface area contributed by atoms with Crippen LogP contribution < -0.4 is 15.2 Å². The Morgan fingerprint density at radius 3 is 2.30 bits per heavy atom. The Morgan fingerprint density at radius 1 is 1.00 bits per heavy atom. The van der Waals surface area contributed by atoms with Gasteiger partial charge in [0, 0.05) is 11.3 Å². The van der Waals surface area contributed by atoms with E-state index in [2.05, 4.69) is 10.0 Å². The molecule has 1 amide bonds. The van der Waals surface area contributed by atoms with Gasteiger partial charge in [-0.1, -0.05) is 0 Å². The molecule has 3 aromatic rings. The zero-order valence-corrected chi connectivity index (χ0v) is 16.8. The summed E-state index contributed by atoms with van der Waals surface area (Å²) >= 11 is 0. The average Bonchev–Trinajstić information content (AvgIpc) is 3.19. The van der Waals surface area contributed by atoms with Crippen LogP contribution in [0.4, 0.5) is 10.1 Å². The lowest BCUT2D eigenvalue weighted by molar-refractivity contribution is 0.102. The smallest absolute Gasteiger partial charge is 0.255 e. The minimum atomic E-state index is -4.16. The van der Waals surface area contributed by atoms with E-state index in [1.807, 2.05) is 0 Å². The molecule has 158 valence electrons. The number of carbonyl (C=O) groups is 1. The van der Waals surface area contributed by atoms with Gasteiger partial charge in [-0.15, -0.1) is 0 Å². The summed E-state index contributed by atoms with van der Waals surface area (Å²) in [4.78, 5) is 11.8. The SMILES string of the molecule is NS(=O)(=O)c1cc(F)cc(NC(=O)c2ccc(S(=O)(=O)NCc3ccco3)cc2)c1. The van der Waals surface area contributed by atoms with Crippen LogP contribution in [0.15, 0.2) is 75.1 Å². The maximum Gasteiger partial charge on any atom is 0.255 e. The lowest BCUT2D eigenvalue weighted by Gasteiger charge is -2.09. The number of halogens is 1. The van der Waals surface area contributed by atoms with Gasteiger partial charge in [0.05, 0.1) is 22.6 Å². The van der Waals surface area contributed by atoms with Gasteiger partial charge in [-0.3, -0.25) is 4.79 Å². The second kappa shape index (κ2) is 8.36. The predicted molar refractivity (Wildman–Crippen MR) is 105 cm³/mol. The molecular weight excluding hydrogens is 437 g/mol. The Hall–Kier alpha value is -3.06. The molecule has 0 fully saturated rings. The summed E-state index contributed by atoms with van der Waals surface area (Å²) in [6, 6.07) is 10.9. The van der Waals surface area contributed by atoms with Crippen molar-refractivity contribution < 1.29 is 30.4 Å². The van der Waals surface area contributed by atoms with Gasteiger partial charge in [0.2, 0.25) is 20.0 Å². The number of furan rings is 1. The maximum absolute atomic E-state index is 13.6. The van der Waals surface area contributed by atoms with Crippen molar-refractivity contribution in [2.24, 2.45) is 5.14 Å². The van der Waals surface area contributed by atoms with Crippen LogP contribution in [0.2, 0.25) is 0 Å². The van der Waals surface area contributed by atoms with E-state index >= 15 is 0 Å². The van der Waals surface area contributed by atoms with Crippen molar-refractivity contribution in [1.29, 1.82) is 0 Å². The van der Waals surface area contributed by atoms with E-state index in [0.717, 1.165) is 18.2 Å². The molecule has 9 nitrogen and oxygen atoms in total. The van der Waals surface area contributed by atoms with E-state index in [0.29, 0.717) is 5.76 Å². The number of rotatable bonds is 7. The molecule has 0 saturated carbocycles. The summed E-state index contributed by atoms with van der Waals surface area (Å²) in [5, 5.41) is 7.31. The molecule has 4 N–H and O–H groups in total. The number of carbonyl (C=O) groups excluding carboxylic acids is 1. The standard InChI is InChI=1S/C18H16FN3O6S2/c19-13-8-14(10-17(9-13)29(20,24)25)22-18(23)12-3-5-16(6-4-12)30(26,27)21-11-15-2-1-7-28-15/h1-10,21H,11H2,(H,22,23)(H2,20,24,25). The molecule has 1 heterocycles. The molecule has 1 aromatic heterocycles. The van der Waals surface area contributed by atoms with Crippen molar-refractivity contribution in [3.63, 3.8) is 0 Å². The highest BCUT2D eigenvalue weighted by Gasteiger charge is 2.17. The number of nitrogens with one attached hydrogen (secondary N) is 2. The van der Waals surface area contributed by atoms with Crippen LogP contribution in [-0.4, -0.2) is 22.7 Å². The van der Waals surface area contributed by atoms with Crippen LogP contribution in [0.1, 0.15) is 16.1 Å². The van der Waals surface area contributed by atoms with Crippen molar-refractivity contribution in [3.05, 3.63) is 78.0 Å². The van der Waals surface area contributed by atoms with Crippen molar-refractivity contribution >= 4 is 31.6 Å². The van der Waals surface area contributed by atoms with Gasteiger partial charge in [-0.2, -0.15) is 0 Å². The molecular formula is C18H16FN3O6S2. The Labute approximate surface area is 171 Å². The normalized spacial score (nSPS) is 11.9. The molecule has 0 aliphatic rings. The summed E-state index contributed by atoms with van der Waals surface area (Å²) < 4.78 is 68.4.